The van der Waals surface area contributed by atoms with Gasteiger partial charge in [-0.25, -0.2) is 4.39 Å². The van der Waals surface area contributed by atoms with Crippen LogP contribution in [0.4, 0.5) is 4.39 Å². The summed E-state index contributed by atoms with van der Waals surface area (Å²) in [6.07, 6.45) is 0. The highest BCUT2D eigenvalue weighted by atomic mass is 35.5. The second kappa shape index (κ2) is 10.2. The topological polar surface area (TPSA) is 21.3 Å². The average Bonchev–Trinajstić information content (AvgIpc) is 2.64. The summed E-state index contributed by atoms with van der Waals surface area (Å²) in [5, 5.41) is 4.12. The van der Waals surface area contributed by atoms with E-state index in [0.29, 0.717) is 18.7 Å². The summed E-state index contributed by atoms with van der Waals surface area (Å²) in [5.41, 5.74) is 2.61. The highest BCUT2D eigenvalue weighted by molar-refractivity contribution is 6.31. The second-order valence-corrected chi connectivity index (χ2v) is 6.09. The van der Waals surface area contributed by atoms with Gasteiger partial charge in [-0.1, -0.05) is 66.2 Å². The first-order chi connectivity index (χ1) is 12.2. The molecule has 0 aromatic heterocycles. The van der Waals surface area contributed by atoms with Crippen molar-refractivity contribution < 1.29 is 9.13 Å². The number of ether oxygens (including phenoxy) is 1. The predicted molar refractivity (Wildman–Crippen MR) is 106 cm³/mol. The van der Waals surface area contributed by atoms with Crippen LogP contribution in [0.1, 0.15) is 16.7 Å². The number of rotatable bonds is 7. The van der Waals surface area contributed by atoms with E-state index in [-0.39, 0.29) is 24.8 Å². The minimum absolute atomic E-state index is 0. The molecule has 0 bridgehead atoms. The molecule has 0 aliphatic heterocycles. The monoisotopic (exact) mass is 391 g/mol. The Kier molecular flexibility index (Phi) is 7.92. The van der Waals surface area contributed by atoms with E-state index < -0.39 is 0 Å². The molecule has 0 aliphatic rings. The minimum atomic E-state index is -0.253. The van der Waals surface area contributed by atoms with Crippen molar-refractivity contribution in [2.45, 2.75) is 19.7 Å². The summed E-state index contributed by atoms with van der Waals surface area (Å²) in [5.74, 6) is 0.495. The molecule has 3 aromatic rings. The third kappa shape index (κ3) is 5.46. The van der Waals surface area contributed by atoms with Gasteiger partial charge in [-0.2, -0.15) is 0 Å². The highest BCUT2D eigenvalue weighted by Gasteiger charge is 2.06. The standard InChI is InChI=1S/C21H19ClFNO.ClH/c22-19-10-4-1-7-16(19)13-24-14-17-8-3-6-12-21(17)25-15-18-9-2-5-11-20(18)23;/h1-12,24H,13-15H2;1H. The van der Waals surface area contributed by atoms with Crippen LogP contribution in [0.3, 0.4) is 0 Å². The summed E-state index contributed by atoms with van der Waals surface area (Å²) in [7, 11) is 0. The highest BCUT2D eigenvalue weighted by Crippen LogP contribution is 2.21. The molecule has 0 heterocycles. The van der Waals surface area contributed by atoms with Crippen molar-refractivity contribution in [1.82, 2.24) is 5.32 Å². The van der Waals surface area contributed by atoms with E-state index >= 15 is 0 Å². The molecule has 0 fully saturated rings. The lowest BCUT2D eigenvalue weighted by Crippen LogP contribution is -2.14. The number of para-hydroxylation sites is 1. The van der Waals surface area contributed by atoms with E-state index in [4.69, 9.17) is 16.3 Å². The lowest BCUT2D eigenvalue weighted by molar-refractivity contribution is 0.296. The summed E-state index contributed by atoms with van der Waals surface area (Å²) < 4.78 is 19.5. The molecule has 0 unspecified atom stereocenters. The van der Waals surface area contributed by atoms with Crippen LogP contribution < -0.4 is 10.1 Å². The van der Waals surface area contributed by atoms with Gasteiger partial charge in [-0.3, -0.25) is 0 Å². The van der Waals surface area contributed by atoms with Crippen molar-refractivity contribution in [1.29, 1.82) is 0 Å². The Balaban J connectivity index is 0.00000243. The maximum absolute atomic E-state index is 13.7. The van der Waals surface area contributed by atoms with Gasteiger partial charge in [0.25, 0.3) is 0 Å². The number of hydrogen-bond acceptors (Lipinski definition) is 2. The maximum Gasteiger partial charge on any atom is 0.129 e. The van der Waals surface area contributed by atoms with E-state index in [1.165, 1.54) is 6.07 Å². The molecule has 0 aliphatic carbocycles. The lowest BCUT2D eigenvalue weighted by atomic mass is 10.1. The Labute approximate surface area is 164 Å². The molecule has 0 atom stereocenters. The molecule has 26 heavy (non-hydrogen) atoms. The zero-order chi connectivity index (χ0) is 17.5. The van der Waals surface area contributed by atoms with Crippen LogP contribution in [-0.2, 0) is 19.7 Å². The van der Waals surface area contributed by atoms with Crippen LogP contribution in [-0.4, -0.2) is 0 Å². The first kappa shape index (κ1) is 20.2. The van der Waals surface area contributed by atoms with Gasteiger partial charge in [0, 0.05) is 29.2 Å². The number of nitrogens with one attached hydrogen (secondary N) is 1. The van der Waals surface area contributed by atoms with E-state index in [9.17, 15) is 4.39 Å². The second-order valence-electron chi connectivity index (χ2n) is 5.68. The Morgan fingerprint density at radius 2 is 1.35 bits per heavy atom. The fourth-order valence-corrected chi connectivity index (χ4v) is 2.74. The smallest absolute Gasteiger partial charge is 0.129 e. The van der Waals surface area contributed by atoms with Crippen LogP contribution in [0.5, 0.6) is 5.75 Å². The molecule has 5 heteroatoms. The van der Waals surface area contributed by atoms with Gasteiger partial charge in [0.05, 0.1) is 0 Å². The molecule has 3 rings (SSSR count). The van der Waals surface area contributed by atoms with E-state index in [1.807, 2.05) is 48.5 Å². The number of hydrogen-bond donors (Lipinski definition) is 1. The number of halogens is 3. The Bertz CT molecular complexity index is 841. The van der Waals surface area contributed by atoms with Crippen LogP contribution in [0, 0.1) is 5.82 Å². The van der Waals surface area contributed by atoms with E-state index in [2.05, 4.69) is 5.32 Å². The van der Waals surface area contributed by atoms with Gasteiger partial charge in [0.15, 0.2) is 0 Å². The fourth-order valence-electron chi connectivity index (χ4n) is 2.54. The molecule has 0 spiro atoms. The molecular weight excluding hydrogens is 372 g/mol. The molecule has 3 aromatic carbocycles. The van der Waals surface area contributed by atoms with Gasteiger partial charge < -0.3 is 10.1 Å². The van der Waals surface area contributed by atoms with Crippen molar-refractivity contribution in [3.05, 3.63) is 100 Å². The average molecular weight is 392 g/mol. The van der Waals surface area contributed by atoms with Crippen molar-refractivity contribution in [2.24, 2.45) is 0 Å². The third-order valence-corrected chi connectivity index (χ3v) is 4.27. The molecule has 0 radical (unpaired) electrons. The van der Waals surface area contributed by atoms with Crippen molar-refractivity contribution >= 4 is 24.0 Å². The van der Waals surface area contributed by atoms with Crippen molar-refractivity contribution in [3.63, 3.8) is 0 Å². The minimum Gasteiger partial charge on any atom is -0.488 e. The van der Waals surface area contributed by atoms with Crippen LogP contribution in [0.15, 0.2) is 72.8 Å². The summed E-state index contributed by atoms with van der Waals surface area (Å²) in [6.45, 7) is 1.51. The Morgan fingerprint density at radius 3 is 2.08 bits per heavy atom. The molecule has 1 N–H and O–H groups in total. The van der Waals surface area contributed by atoms with E-state index in [1.54, 1.807) is 18.2 Å². The quantitative estimate of drug-likeness (QED) is 0.551. The first-order valence-corrected chi connectivity index (χ1v) is 8.50. The summed E-state index contributed by atoms with van der Waals surface area (Å²) in [4.78, 5) is 0. The molecule has 0 saturated heterocycles. The van der Waals surface area contributed by atoms with Gasteiger partial charge in [0.2, 0.25) is 0 Å². The van der Waals surface area contributed by atoms with Crippen molar-refractivity contribution in [2.75, 3.05) is 0 Å². The van der Waals surface area contributed by atoms with Crippen molar-refractivity contribution in [3.8, 4) is 5.75 Å². The predicted octanol–water partition coefficient (Wildman–Crippen LogP) is 5.77. The molecule has 0 saturated carbocycles. The van der Waals surface area contributed by atoms with Crippen LogP contribution in [0.25, 0.3) is 0 Å². The number of benzene rings is 3. The summed E-state index contributed by atoms with van der Waals surface area (Å²) >= 11 is 6.17. The van der Waals surface area contributed by atoms with Gasteiger partial charge in [-0.05, 0) is 23.8 Å². The molecule has 2 nitrogen and oxygen atoms in total. The van der Waals surface area contributed by atoms with Gasteiger partial charge in [-0.15, -0.1) is 12.4 Å². The van der Waals surface area contributed by atoms with Crippen LogP contribution in [0.2, 0.25) is 5.02 Å². The zero-order valence-corrected chi connectivity index (χ0v) is 15.7. The third-order valence-electron chi connectivity index (χ3n) is 3.90. The zero-order valence-electron chi connectivity index (χ0n) is 14.1. The van der Waals surface area contributed by atoms with Crippen LogP contribution >= 0.6 is 24.0 Å². The molecule has 136 valence electrons. The Morgan fingerprint density at radius 1 is 0.769 bits per heavy atom. The molecular formula is C21H20Cl2FNO. The maximum atomic E-state index is 13.7. The lowest BCUT2D eigenvalue weighted by Gasteiger charge is -2.13. The SMILES string of the molecule is Cl.Fc1ccccc1COc1ccccc1CNCc1ccccc1Cl. The fraction of sp³-hybridized carbons (Fsp3) is 0.143. The normalized spacial score (nSPS) is 10.2. The van der Waals surface area contributed by atoms with Gasteiger partial charge in [0.1, 0.15) is 18.2 Å². The Hall–Kier alpha value is -2.07. The largest absolute Gasteiger partial charge is 0.488 e. The molecule has 0 amide bonds. The van der Waals surface area contributed by atoms with Gasteiger partial charge >= 0.3 is 0 Å². The summed E-state index contributed by atoms with van der Waals surface area (Å²) in [6, 6.07) is 22.2. The van der Waals surface area contributed by atoms with E-state index in [0.717, 1.165) is 21.9 Å². The first-order valence-electron chi connectivity index (χ1n) is 8.12.